The van der Waals surface area contributed by atoms with Crippen LogP contribution in [-0.4, -0.2) is 24.5 Å². The van der Waals surface area contributed by atoms with E-state index in [1.807, 2.05) is 12.3 Å². The van der Waals surface area contributed by atoms with E-state index >= 15 is 0 Å². The summed E-state index contributed by atoms with van der Waals surface area (Å²) >= 11 is 5.17. The van der Waals surface area contributed by atoms with E-state index < -0.39 is 0 Å². The summed E-state index contributed by atoms with van der Waals surface area (Å²) in [6.45, 7) is 1.27. The highest BCUT2D eigenvalue weighted by Gasteiger charge is 2.17. The molecule has 3 nitrogen and oxygen atoms in total. The summed E-state index contributed by atoms with van der Waals surface area (Å²) in [5, 5.41) is 2.94. The molecule has 0 saturated carbocycles. The zero-order valence-corrected chi connectivity index (χ0v) is 12.7. The van der Waals surface area contributed by atoms with Crippen LogP contribution in [-0.2, 0) is 17.8 Å². The van der Waals surface area contributed by atoms with Crippen molar-refractivity contribution in [3.05, 3.63) is 27.7 Å². The van der Waals surface area contributed by atoms with Crippen molar-refractivity contribution >= 4 is 33.6 Å². The van der Waals surface area contributed by atoms with E-state index in [-0.39, 0.29) is 5.91 Å². The number of ether oxygens (including phenoxy) is 1. The first-order valence-corrected chi connectivity index (χ1v) is 8.09. The van der Waals surface area contributed by atoms with Gasteiger partial charge in [-0.3, -0.25) is 4.79 Å². The average molecular weight is 330 g/mol. The van der Waals surface area contributed by atoms with Crippen LogP contribution in [0.15, 0.2) is 16.6 Å². The van der Waals surface area contributed by atoms with Crippen molar-refractivity contribution in [3.63, 3.8) is 0 Å². The highest BCUT2D eigenvalue weighted by Crippen LogP contribution is 2.32. The largest absolute Gasteiger partial charge is 0.493 e. The lowest BCUT2D eigenvalue weighted by molar-refractivity contribution is -0.120. The Labute approximate surface area is 120 Å². The first-order valence-electron chi connectivity index (χ1n) is 5.90. The third-order valence-electron chi connectivity index (χ3n) is 2.83. The quantitative estimate of drug-likeness (QED) is 0.902. The molecule has 98 valence electrons. The van der Waals surface area contributed by atoms with Crippen molar-refractivity contribution in [1.82, 2.24) is 5.32 Å². The molecule has 0 bridgehead atoms. The smallest absolute Gasteiger partial charge is 0.221 e. The van der Waals surface area contributed by atoms with E-state index in [4.69, 9.17) is 4.74 Å². The van der Waals surface area contributed by atoms with E-state index in [0.717, 1.165) is 34.6 Å². The zero-order valence-electron chi connectivity index (χ0n) is 10.3. The Bertz CT molecular complexity index is 451. The van der Waals surface area contributed by atoms with Gasteiger partial charge in [-0.1, -0.05) is 15.9 Å². The highest BCUT2D eigenvalue weighted by atomic mass is 79.9. The number of benzene rings is 1. The fourth-order valence-electron chi connectivity index (χ4n) is 1.95. The Morgan fingerprint density at radius 3 is 3.17 bits per heavy atom. The summed E-state index contributed by atoms with van der Waals surface area (Å²) in [5.74, 6) is 1.90. The number of carbonyl (C=O) groups excluding carboxylic acids is 1. The molecular weight excluding hydrogens is 314 g/mol. The molecule has 0 unspecified atom stereocenters. The van der Waals surface area contributed by atoms with Crippen molar-refractivity contribution in [2.75, 3.05) is 18.6 Å². The Morgan fingerprint density at radius 2 is 2.39 bits per heavy atom. The minimum absolute atomic E-state index is 0.0936. The van der Waals surface area contributed by atoms with Crippen LogP contribution in [0.25, 0.3) is 0 Å². The third-order valence-corrected chi connectivity index (χ3v) is 3.90. The van der Waals surface area contributed by atoms with Crippen molar-refractivity contribution in [1.29, 1.82) is 0 Å². The summed E-state index contributed by atoms with van der Waals surface area (Å²) in [6.07, 6.45) is 3.52. The van der Waals surface area contributed by atoms with E-state index in [1.54, 1.807) is 11.8 Å². The fourth-order valence-corrected chi connectivity index (χ4v) is 2.90. The van der Waals surface area contributed by atoms with Crippen LogP contribution in [0.3, 0.4) is 0 Å². The second-order valence-corrected chi connectivity index (χ2v) is 6.07. The second kappa shape index (κ2) is 6.48. The minimum atomic E-state index is 0.0936. The average Bonchev–Trinajstić information content (AvgIpc) is 2.81. The standard InChI is InChI=1S/C13H16BrNO2S/c1-18-5-3-12(16)15-8-10-7-11(14)6-9-2-4-17-13(9)10/h6-7H,2-5,8H2,1H3,(H,15,16). The van der Waals surface area contributed by atoms with Crippen molar-refractivity contribution in [2.45, 2.75) is 19.4 Å². The van der Waals surface area contributed by atoms with Gasteiger partial charge in [-0.05, 0) is 24.0 Å². The number of halogens is 1. The van der Waals surface area contributed by atoms with Gasteiger partial charge in [-0.2, -0.15) is 11.8 Å². The van der Waals surface area contributed by atoms with Crippen LogP contribution >= 0.6 is 27.7 Å². The van der Waals surface area contributed by atoms with Gasteiger partial charge >= 0.3 is 0 Å². The monoisotopic (exact) mass is 329 g/mol. The molecule has 1 N–H and O–H groups in total. The Balaban J connectivity index is 1.99. The molecule has 0 fully saturated rings. The summed E-state index contributed by atoms with van der Waals surface area (Å²) in [4.78, 5) is 11.6. The summed E-state index contributed by atoms with van der Waals surface area (Å²) in [6, 6.07) is 4.10. The van der Waals surface area contributed by atoms with Gasteiger partial charge in [0, 0.05) is 35.2 Å². The maximum atomic E-state index is 11.6. The predicted molar refractivity (Wildman–Crippen MR) is 78.2 cm³/mol. The number of hydrogen-bond acceptors (Lipinski definition) is 3. The number of nitrogens with one attached hydrogen (secondary N) is 1. The molecule has 0 aromatic heterocycles. The first kappa shape index (κ1) is 13.7. The number of hydrogen-bond donors (Lipinski definition) is 1. The molecule has 0 saturated heterocycles. The second-order valence-electron chi connectivity index (χ2n) is 4.17. The molecule has 1 heterocycles. The van der Waals surface area contributed by atoms with Gasteiger partial charge in [-0.25, -0.2) is 0 Å². The van der Waals surface area contributed by atoms with E-state index in [2.05, 4.69) is 27.3 Å². The van der Waals surface area contributed by atoms with E-state index in [9.17, 15) is 4.79 Å². The molecule has 0 radical (unpaired) electrons. The first-order chi connectivity index (χ1) is 8.70. The molecule has 1 aromatic rings. The SMILES string of the molecule is CSCCC(=O)NCc1cc(Br)cc2c1OCC2. The number of fused-ring (bicyclic) bond motifs is 1. The molecular formula is C13H16BrNO2S. The molecule has 1 amide bonds. The third kappa shape index (κ3) is 3.42. The van der Waals surface area contributed by atoms with Crippen molar-refractivity contribution < 1.29 is 9.53 Å². The van der Waals surface area contributed by atoms with Crippen LogP contribution in [0.2, 0.25) is 0 Å². The lowest BCUT2D eigenvalue weighted by atomic mass is 10.1. The van der Waals surface area contributed by atoms with Gasteiger partial charge in [0.2, 0.25) is 5.91 Å². The van der Waals surface area contributed by atoms with Crippen LogP contribution in [0.4, 0.5) is 0 Å². The number of amides is 1. The molecule has 1 aliphatic heterocycles. The molecule has 5 heteroatoms. The highest BCUT2D eigenvalue weighted by molar-refractivity contribution is 9.10. The summed E-state index contributed by atoms with van der Waals surface area (Å²) in [5.41, 5.74) is 2.27. The van der Waals surface area contributed by atoms with E-state index in [0.29, 0.717) is 13.0 Å². The van der Waals surface area contributed by atoms with Gasteiger partial charge in [0.05, 0.1) is 6.61 Å². The molecule has 18 heavy (non-hydrogen) atoms. The van der Waals surface area contributed by atoms with Gasteiger partial charge < -0.3 is 10.1 Å². The number of rotatable bonds is 5. The predicted octanol–water partition coefficient (Wildman–Crippen LogP) is 2.75. The molecule has 1 aromatic carbocycles. The maximum Gasteiger partial charge on any atom is 0.221 e. The molecule has 2 rings (SSSR count). The van der Waals surface area contributed by atoms with Gasteiger partial charge in [0.15, 0.2) is 0 Å². The summed E-state index contributed by atoms with van der Waals surface area (Å²) in [7, 11) is 0. The van der Waals surface area contributed by atoms with Crippen LogP contribution in [0.1, 0.15) is 17.5 Å². The molecule has 0 atom stereocenters. The van der Waals surface area contributed by atoms with Crippen LogP contribution in [0, 0.1) is 0 Å². The summed E-state index contributed by atoms with van der Waals surface area (Å²) < 4.78 is 6.66. The number of carbonyl (C=O) groups is 1. The van der Waals surface area contributed by atoms with Gasteiger partial charge in [0.25, 0.3) is 0 Å². The normalized spacial score (nSPS) is 13.0. The van der Waals surface area contributed by atoms with E-state index in [1.165, 1.54) is 5.56 Å². The van der Waals surface area contributed by atoms with Crippen LogP contribution < -0.4 is 10.1 Å². The van der Waals surface area contributed by atoms with Crippen molar-refractivity contribution in [2.24, 2.45) is 0 Å². The molecule has 0 spiro atoms. The molecule has 0 aliphatic carbocycles. The maximum absolute atomic E-state index is 11.6. The van der Waals surface area contributed by atoms with Gasteiger partial charge in [-0.15, -0.1) is 0 Å². The Morgan fingerprint density at radius 1 is 1.56 bits per heavy atom. The Kier molecular flexibility index (Phi) is 4.95. The van der Waals surface area contributed by atoms with Crippen LogP contribution in [0.5, 0.6) is 5.75 Å². The molecule has 1 aliphatic rings. The number of thioether (sulfide) groups is 1. The lowest BCUT2D eigenvalue weighted by Crippen LogP contribution is -2.23. The zero-order chi connectivity index (χ0) is 13.0. The van der Waals surface area contributed by atoms with Gasteiger partial charge in [0.1, 0.15) is 5.75 Å². The topological polar surface area (TPSA) is 38.3 Å². The fraction of sp³-hybridized carbons (Fsp3) is 0.462. The minimum Gasteiger partial charge on any atom is -0.493 e. The van der Waals surface area contributed by atoms with Crippen molar-refractivity contribution in [3.8, 4) is 5.75 Å². The Hall–Kier alpha value is -0.680. The lowest BCUT2D eigenvalue weighted by Gasteiger charge is -2.10.